The van der Waals surface area contributed by atoms with Gasteiger partial charge in [-0.05, 0) is 38.0 Å². The minimum atomic E-state index is -0.657. The van der Waals surface area contributed by atoms with Crippen LogP contribution in [0.25, 0.3) is 11.0 Å². The molecule has 0 unspecified atom stereocenters. The summed E-state index contributed by atoms with van der Waals surface area (Å²) in [5, 5.41) is 0. The number of nitrogens with one attached hydrogen (secondary N) is 1. The number of aromatic nitrogens is 2. The van der Waals surface area contributed by atoms with Gasteiger partial charge in [-0.3, -0.25) is 14.4 Å². The molecule has 0 spiro atoms. The Morgan fingerprint density at radius 1 is 1.24 bits per heavy atom. The fourth-order valence-electron chi connectivity index (χ4n) is 2.83. The van der Waals surface area contributed by atoms with Crippen molar-refractivity contribution in [3.63, 3.8) is 0 Å². The maximum atomic E-state index is 12.4. The average Bonchev–Trinajstić information content (AvgIpc) is 3.01. The molecule has 1 aliphatic heterocycles. The molecule has 1 N–H and O–H groups in total. The van der Waals surface area contributed by atoms with Crippen LogP contribution < -0.4 is 11.1 Å². The fraction of sp³-hybridized carbons (Fsp3) is 0.400. The van der Waals surface area contributed by atoms with Crippen molar-refractivity contribution in [3.05, 3.63) is 44.5 Å². The van der Waals surface area contributed by atoms with Crippen LogP contribution in [0.2, 0.25) is 0 Å². The Morgan fingerprint density at radius 3 is 2.62 bits per heavy atom. The van der Waals surface area contributed by atoms with E-state index in [1.165, 1.54) is 4.57 Å². The highest BCUT2D eigenvalue weighted by atomic mass is 16.2. The molecule has 1 aliphatic rings. The molecule has 1 saturated heterocycles. The molecule has 1 amide bonds. The molecular formula is C15H17N3O3. The summed E-state index contributed by atoms with van der Waals surface area (Å²) in [6.45, 7) is 3.78. The molecule has 3 rings (SSSR count). The summed E-state index contributed by atoms with van der Waals surface area (Å²) in [5.41, 5.74) is 0.478. The summed E-state index contributed by atoms with van der Waals surface area (Å²) in [5.74, 6) is -0.0236. The van der Waals surface area contributed by atoms with Crippen molar-refractivity contribution >= 4 is 16.9 Å². The van der Waals surface area contributed by atoms with E-state index in [0.717, 1.165) is 25.9 Å². The number of amides is 1. The third kappa shape index (κ3) is 2.26. The summed E-state index contributed by atoms with van der Waals surface area (Å²) in [6, 6.07) is 5.09. The van der Waals surface area contributed by atoms with Gasteiger partial charge in [0.1, 0.15) is 0 Å². The van der Waals surface area contributed by atoms with E-state index in [9.17, 15) is 14.4 Å². The van der Waals surface area contributed by atoms with Crippen molar-refractivity contribution in [2.24, 2.45) is 0 Å². The molecule has 0 saturated carbocycles. The molecule has 2 aromatic rings. The van der Waals surface area contributed by atoms with Crippen molar-refractivity contribution in [1.29, 1.82) is 0 Å². The van der Waals surface area contributed by atoms with E-state index in [0.29, 0.717) is 23.1 Å². The van der Waals surface area contributed by atoms with Gasteiger partial charge in [0.05, 0.1) is 11.0 Å². The lowest BCUT2D eigenvalue weighted by molar-refractivity contribution is 0.0793. The van der Waals surface area contributed by atoms with Crippen LogP contribution in [0.5, 0.6) is 0 Å². The zero-order chi connectivity index (χ0) is 15.0. The minimum absolute atomic E-state index is 0.0236. The number of aryl methyl sites for hydroxylation is 1. The van der Waals surface area contributed by atoms with Crippen molar-refractivity contribution < 1.29 is 4.79 Å². The third-order valence-electron chi connectivity index (χ3n) is 3.93. The van der Waals surface area contributed by atoms with E-state index in [4.69, 9.17) is 0 Å². The number of nitrogens with zero attached hydrogens (tertiary/aromatic N) is 2. The van der Waals surface area contributed by atoms with Crippen LogP contribution in [0.3, 0.4) is 0 Å². The van der Waals surface area contributed by atoms with Crippen LogP contribution in [-0.4, -0.2) is 33.4 Å². The second-order valence-electron chi connectivity index (χ2n) is 5.23. The summed E-state index contributed by atoms with van der Waals surface area (Å²) in [6.07, 6.45) is 2.07. The van der Waals surface area contributed by atoms with Crippen molar-refractivity contribution in [2.45, 2.75) is 26.3 Å². The van der Waals surface area contributed by atoms with Crippen LogP contribution in [0.4, 0.5) is 0 Å². The first-order chi connectivity index (χ1) is 10.1. The molecule has 6 nitrogen and oxygen atoms in total. The number of fused-ring (bicyclic) bond motifs is 1. The number of rotatable bonds is 2. The summed E-state index contributed by atoms with van der Waals surface area (Å²) >= 11 is 0. The molecule has 110 valence electrons. The Bertz CT molecular complexity index is 813. The molecular weight excluding hydrogens is 270 g/mol. The first kappa shape index (κ1) is 13.6. The number of hydrogen-bond donors (Lipinski definition) is 1. The average molecular weight is 287 g/mol. The lowest BCUT2D eigenvalue weighted by Crippen LogP contribution is -2.36. The summed E-state index contributed by atoms with van der Waals surface area (Å²) in [4.78, 5) is 40.2. The highest BCUT2D eigenvalue weighted by Crippen LogP contribution is 2.16. The number of likely N-dealkylation sites (tertiary alicyclic amines) is 1. The molecule has 1 aromatic carbocycles. The molecule has 1 aromatic heterocycles. The molecule has 2 heterocycles. The number of benzene rings is 1. The van der Waals surface area contributed by atoms with E-state index in [-0.39, 0.29) is 5.91 Å². The highest BCUT2D eigenvalue weighted by molar-refractivity contribution is 5.97. The molecule has 6 heteroatoms. The van der Waals surface area contributed by atoms with Gasteiger partial charge in [0.25, 0.3) is 5.91 Å². The highest BCUT2D eigenvalue weighted by Gasteiger charge is 2.20. The Balaban J connectivity index is 2.12. The van der Waals surface area contributed by atoms with Crippen molar-refractivity contribution in [3.8, 4) is 0 Å². The molecule has 0 aliphatic carbocycles. The smallest absolute Gasteiger partial charge is 0.316 e. The third-order valence-corrected chi connectivity index (χ3v) is 3.93. The molecule has 0 atom stereocenters. The van der Waals surface area contributed by atoms with Crippen LogP contribution >= 0.6 is 0 Å². The van der Waals surface area contributed by atoms with Gasteiger partial charge >= 0.3 is 11.1 Å². The Labute approximate surface area is 121 Å². The summed E-state index contributed by atoms with van der Waals surface area (Å²) < 4.78 is 1.41. The number of hydrogen-bond acceptors (Lipinski definition) is 3. The number of carbonyl (C=O) groups excluding carboxylic acids is 1. The first-order valence-electron chi connectivity index (χ1n) is 7.18. The van der Waals surface area contributed by atoms with Crippen LogP contribution in [0.15, 0.2) is 27.8 Å². The second kappa shape index (κ2) is 5.20. The maximum absolute atomic E-state index is 12.4. The number of H-pyrrole nitrogens is 1. The lowest BCUT2D eigenvalue weighted by atomic mass is 10.1. The van der Waals surface area contributed by atoms with Gasteiger partial charge in [-0.15, -0.1) is 0 Å². The van der Waals surface area contributed by atoms with Gasteiger partial charge in [0.2, 0.25) is 0 Å². The standard InChI is InChI=1S/C15H17N3O3/c1-2-18-12-6-5-10(14(20)17-7-3-4-8-17)9-11(12)16-13(19)15(18)21/h5-6,9H,2-4,7-8H2,1H3,(H,16,19). The lowest BCUT2D eigenvalue weighted by Gasteiger charge is -2.15. The second-order valence-corrected chi connectivity index (χ2v) is 5.23. The molecule has 0 radical (unpaired) electrons. The first-order valence-corrected chi connectivity index (χ1v) is 7.18. The zero-order valence-electron chi connectivity index (χ0n) is 11.9. The van der Waals surface area contributed by atoms with Gasteiger partial charge < -0.3 is 14.5 Å². The van der Waals surface area contributed by atoms with E-state index in [1.807, 2.05) is 11.8 Å². The van der Waals surface area contributed by atoms with Crippen molar-refractivity contribution in [1.82, 2.24) is 14.5 Å². The Hall–Kier alpha value is -2.37. The van der Waals surface area contributed by atoms with Gasteiger partial charge in [-0.2, -0.15) is 0 Å². The van der Waals surface area contributed by atoms with E-state index < -0.39 is 11.1 Å². The largest absolute Gasteiger partial charge is 0.339 e. The zero-order valence-corrected chi connectivity index (χ0v) is 11.9. The monoisotopic (exact) mass is 287 g/mol. The van der Waals surface area contributed by atoms with Gasteiger partial charge in [0, 0.05) is 25.2 Å². The van der Waals surface area contributed by atoms with E-state index >= 15 is 0 Å². The number of aromatic amines is 1. The molecule has 1 fully saturated rings. The maximum Gasteiger partial charge on any atom is 0.316 e. The predicted octanol–water partition coefficient (Wildman–Crippen LogP) is 0.946. The summed E-state index contributed by atoms with van der Waals surface area (Å²) in [7, 11) is 0. The molecule has 0 bridgehead atoms. The SMILES string of the molecule is CCn1c(=O)c(=O)[nH]c2cc(C(=O)N3CCCC3)ccc21. The minimum Gasteiger partial charge on any atom is -0.339 e. The van der Waals surface area contributed by atoms with Crippen LogP contribution in [0, 0.1) is 0 Å². The quantitative estimate of drug-likeness (QED) is 0.835. The van der Waals surface area contributed by atoms with E-state index in [2.05, 4.69) is 4.98 Å². The number of carbonyl (C=O) groups is 1. The van der Waals surface area contributed by atoms with Gasteiger partial charge in [-0.25, -0.2) is 0 Å². The van der Waals surface area contributed by atoms with Crippen LogP contribution in [0.1, 0.15) is 30.1 Å². The predicted molar refractivity (Wildman–Crippen MR) is 79.6 cm³/mol. The van der Waals surface area contributed by atoms with Gasteiger partial charge in [-0.1, -0.05) is 0 Å². The fourth-order valence-corrected chi connectivity index (χ4v) is 2.83. The normalized spacial score (nSPS) is 14.8. The molecule has 21 heavy (non-hydrogen) atoms. The van der Waals surface area contributed by atoms with E-state index in [1.54, 1.807) is 18.2 Å². The Kier molecular flexibility index (Phi) is 3.37. The van der Waals surface area contributed by atoms with Crippen LogP contribution in [-0.2, 0) is 6.54 Å². The Morgan fingerprint density at radius 2 is 1.95 bits per heavy atom. The topological polar surface area (TPSA) is 75.2 Å². The van der Waals surface area contributed by atoms with Crippen molar-refractivity contribution in [2.75, 3.05) is 13.1 Å². The van der Waals surface area contributed by atoms with Gasteiger partial charge in [0.15, 0.2) is 0 Å².